The van der Waals surface area contributed by atoms with E-state index < -0.39 is 0 Å². The van der Waals surface area contributed by atoms with Gasteiger partial charge in [-0.1, -0.05) is 15.9 Å². The van der Waals surface area contributed by atoms with Crippen LogP contribution in [0.1, 0.15) is 17.5 Å². The summed E-state index contributed by atoms with van der Waals surface area (Å²) in [5.74, 6) is 0.866. The topological polar surface area (TPSA) is 26.0 Å². The smallest absolute Gasteiger partial charge is 0.180 e. The molecular weight excluding hydrogens is 170 g/mol. The average Bonchev–Trinajstić information content (AvgIpc) is 2.12. The van der Waals surface area contributed by atoms with Gasteiger partial charge in [0.1, 0.15) is 5.76 Å². The van der Waals surface area contributed by atoms with E-state index in [0.717, 1.165) is 5.76 Å². The van der Waals surface area contributed by atoms with Gasteiger partial charge in [0.15, 0.2) is 6.39 Å². The van der Waals surface area contributed by atoms with Crippen molar-refractivity contribution in [1.29, 1.82) is 0 Å². The molecule has 1 rings (SSSR count). The molecule has 0 N–H and O–H groups in total. The molecule has 0 fully saturated rings. The second-order valence-electron chi connectivity index (χ2n) is 1.52. The Balaban J connectivity index is 2.77. The molecule has 8 heavy (non-hydrogen) atoms. The Hall–Kier alpha value is -0.310. The predicted octanol–water partition coefficient (Wildman–Crippen LogP) is 2.13. The van der Waals surface area contributed by atoms with Gasteiger partial charge in [-0.2, -0.15) is 0 Å². The standard InChI is InChI=1S/C5H6BrNO/c1-4(6)5-2-7-3-8-5/h2-4H,1H3. The third kappa shape index (κ3) is 1.10. The van der Waals surface area contributed by atoms with Crippen LogP contribution >= 0.6 is 15.9 Å². The monoisotopic (exact) mass is 175 g/mol. The van der Waals surface area contributed by atoms with Crippen LogP contribution in [0.15, 0.2) is 17.0 Å². The second kappa shape index (κ2) is 2.31. The maximum Gasteiger partial charge on any atom is 0.180 e. The zero-order chi connectivity index (χ0) is 5.98. The Bertz CT molecular complexity index is 147. The van der Waals surface area contributed by atoms with E-state index in [1.165, 1.54) is 6.39 Å². The summed E-state index contributed by atoms with van der Waals surface area (Å²) in [7, 11) is 0. The van der Waals surface area contributed by atoms with Gasteiger partial charge in [-0.25, -0.2) is 4.98 Å². The molecule has 1 heterocycles. The number of halogens is 1. The fraction of sp³-hybridized carbons (Fsp3) is 0.400. The van der Waals surface area contributed by atoms with Crippen molar-refractivity contribution in [2.45, 2.75) is 11.8 Å². The highest BCUT2D eigenvalue weighted by atomic mass is 79.9. The molecule has 1 aromatic heterocycles. The minimum Gasteiger partial charge on any atom is -0.447 e. The van der Waals surface area contributed by atoms with Crippen molar-refractivity contribution >= 4 is 15.9 Å². The first-order valence-electron chi connectivity index (χ1n) is 2.33. The van der Waals surface area contributed by atoms with Gasteiger partial charge in [0.25, 0.3) is 0 Å². The normalized spacial score (nSPS) is 13.8. The molecule has 3 heteroatoms. The number of hydrogen-bond donors (Lipinski definition) is 0. The molecule has 0 spiro atoms. The third-order valence-electron chi connectivity index (χ3n) is 0.843. The molecule has 0 radical (unpaired) electrons. The molecule has 0 saturated carbocycles. The van der Waals surface area contributed by atoms with E-state index in [-0.39, 0.29) is 4.83 Å². The molecular formula is C5H6BrNO. The van der Waals surface area contributed by atoms with E-state index in [2.05, 4.69) is 20.9 Å². The fourth-order valence-corrected chi connectivity index (χ4v) is 0.648. The SMILES string of the molecule is CC(Br)c1cnco1. The minimum atomic E-state index is 0.269. The van der Waals surface area contributed by atoms with Gasteiger partial charge in [-0.15, -0.1) is 0 Å². The molecule has 0 amide bonds. The van der Waals surface area contributed by atoms with Gasteiger partial charge in [-0.3, -0.25) is 0 Å². The first-order chi connectivity index (χ1) is 3.80. The average molecular weight is 176 g/mol. The largest absolute Gasteiger partial charge is 0.447 e. The maximum atomic E-state index is 4.94. The zero-order valence-corrected chi connectivity index (χ0v) is 6.05. The molecule has 1 unspecified atom stereocenters. The fourth-order valence-electron chi connectivity index (χ4n) is 0.422. The highest BCUT2D eigenvalue weighted by molar-refractivity contribution is 9.09. The molecule has 0 aromatic carbocycles. The van der Waals surface area contributed by atoms with Gasteiger partial charge in [0.2, 0.25) is 0 Å². The molecule has 0 saturated heterocycles. The molecule has 2 nitrogen and oxygen atoms in total. The summed E-state index contributed by atoms with van der Waals surface area (Å²) in [4.78, 5) is 4.02. The van der Waals surface area contributed by atoms with Crippen LogP contribution in [0.3, 0.4) is 0 Å². The van der Waals surface area contributed by atoms with Gasteiger partial charge in [0, 0.05) is 0 Å². The van der Waals surface area contributed by atoms with Crippen LogP contribution in [-0.4, -0.2) is 4.98 Å². The highest BCUT2D eigenvalue weighted by Crippen LogP contribution is 2.19. The lowest BCUT2D eigenvalue weighted by atomic mass is 10.4. The number of rotatable bonds is 1. The molecule has 44 valence electrons. The van der Waals surface area contributed by atoms with Crippen molar-refractivity contribution in [2.75, 3.05) is 0 Å². The van der Waals surface area contributed by atoms with Crippen LogP contribution in [0.4, 0.5) is 0 Å². The quantitative estimate of drug-likeness (QED) is 0.612. The Morgan fingerprint density at radius 2 is 2.62 bits per heavy atom. The molecule has 0 aliphatic heterocycles. The van der Waals surface area contributed by atoms with Gasteiger partial charge >= 0.3 is 0 Å². The lowest BCUT2D eigenvalue weighted by Gasteiger charge is -1.91. The first kappa shape index (κ1) is 5.82. The molecule has 0 aliphatic rings. The van der Waals surface area contributed by atoms with Gasteiger partial charge < -0.3 is 4.42 Å². The van der Waals surface area contributed by atoms with Gasteiger partial charge in [-0.05, 0) is 6.92 Å². The van der Waals surface area contributed by atoms with Crippen molar-refractivity contribution in [2.24, 2.45) is 0 Å². The minimum absolute atomic E-state index is 0.269. The van der Waals surface area contributed by atoms with Crippen molar-refractivity contribution in [3.8, 4) is 0 Å². The molecule has 0 bridgehead atoms. The van der Waals surface area contributed by atoms with Crippen LogP contribution in [-0.2, 0) is 0 Å². The van der Waals surface area contributed by atoms with Crippen LogP contribution in [0.2, 0.25) is 0 Å². The van der Waals surface area contributed by atoms with Gasteiger partial charge in [0.05, 0.1) is 11.0 Å². The Morgan fingerprint density at radius 3 is 2.88 bits per heavy atom. The first-order valence-corrected chi connectivity index (χ1v) is 3.24. The van der Waals surface area contributed by atoms with E-state index in [0.29, 0.717) is 0 Å². The number of hydrogen-bond acceptors (Lipinski definition) is 2. The molecule has 0 aliphatic carbocycles. The van der Waals surface area contributed by atoms with Crippen molar-refractivity contribution in [3.05, 3.63) is 18.4 Å². The summed E-state index contributed by atoms with van der Waals surface area (Å²) in [6.07, 6.45) is 3.12. The zero-order valence-electron chi connectivity index (χ0n) is 4.47. The van der Waals surface area contributed by atoms with E-state index in [1.807, 2.05) is 6.92 Å². The molecule has 1 atom stereocenters. The lowest BCUT2D eigenvalue weighted by molar-refractivity contribution is 0.508. The predicted molar refractivity (Wildman–Crippen MR) is 33.8 cm³/mol. The number of nitrogens with zero attached hydrogens (tertiary/aromatic N) is 1. The van der Waals surface area contributed by atoms with E-state index >= 15 is 0 Å². The summed E-state index contributed by atoms with van der Waals surface area (Å²) in [6, 6.07) is 0. The van der Waals surface area contributed by atoms with Crippen LogP contribution in [0.25, 0.3) is 0 Å². The highest BCUT2D eigenvalue weighted by Gasteiger charge is 2.01. The number of aromatic nitrogens is 1. The van der Waals surface area contributed by atoms with Crippen LogP contribution in [0, 0.1) is 0 Å². The Kier molecular flexibility index (Phi) is 1.68. The summed E-state index contributed by atoms with van der Waals surface area (Å²) in [5.41, 5.74) is 0. The number of alkyl halides is 1. The van der Waals surface area contributed by atoms with Crippen LogP contribution in [0.5, 0.6) is 0 Å². The third-order valence-corrected chi connectivity index (χ3v) is 1.29. The summed E-state index contributed by atoms with van der Waals surface area (Å²) >= 11 is 3.33. The Labute approximate surface area is 56.0 Å². The van der Waals surface area contributed by atoms with Crippen molar-refractivity contribution < 1.29 is 4.42 Å². The lowest BCUT2D eigenvalue weighted by Crippen LogP contribution is -1.74. The van der Waals surface area contributed by atoms with Crippen molar-refractivity contribution in [3.63, 3.8) is 0 Å². The summed E-state index contributed by atoms with van der Waals surface area (Å²) in [5, 5.41) is 0. The van der Waals surface area contributed by atoms with Crippen molar-refractivity contribution in [1.82, 2.24) is 4.98 Å². The Morgan fingerprint density at radius 1 is 1.88 bits per heavy atom. The second-order valence-corrected chi connectivity index (χ2v) is 2.89. The maximum absolute atomic E-state index is 4.94. The van der Waals surface area contributed by atoms with Crippen LogP contribution < -0.4 is 0 Å². The summed E-state index contributed by atoms with van der Waals surface area (Å²) in [6.45, 7) is 1.99. The van der Waals surface area contributed by atoms with E-state index in [1.54, 1.807) is 6.20 Å². The van der Waals surface area contributed by atoms with E-state index in [9.17, 15) is 0 Å². The van der Waals surface area contributed by atoms with E-state index in [4.69, 9.17) is 4.42 Å². The number of oxazole rings is 1. The molecule has 1 aromatic rings. The summed E-state index contributed by atoms with van der Waals surface area (Å²) < 4.78 is 4.94.